The van der Waals surface area contributed by atoms with Crippen LogP contribution >= 0.6 is 0 Å². The Labute approximate surface area is 151 Å². The molecule has 0 aliphatic carbocycles. The number of fused-ring (bicyclic) bond motifs is 1. The minimum atomic E-state index is 0.736. The van der Waals surface area contributed by atoms with Crippen molar-refractivity contribution in [1.82, 2.24) is 19.7 Å². The number of ether oxygens (including phenoxy) is 1. The third-order valence-electron chi connectivity index (χ3n) is 4.17. The lowest BCUT2D eigenvalue weighted by molar-refractivity contribution is 0.414. The van der Waals surface area contributed by atoms with Crippen molar-refractivity contribution in [2.24, 2.45) is 0 Å². The van der Waals surface area contributed by atoms with Gasteiger partial charge in [-0.3, -0.25) is 0 Å². The summed E-state index contributed by atoms with van der Waals surface area (Å²) in [6.07, 6.45) is 3.33. The van der Waals surface area contributed by atoms with Crippen molar-refractivity contribution in [3.63, 3.8) is 0 Å². The van der Waals surface area contributed by atoms with Gasteiger partial charge in [0.1, 0.15) is 17.9 Å². The Balaban J connectivity index is 1.74. The van der Waals surface area contributed by atoms with Crippen molar-refractivity contribution >= 4 is 22.5 Å². The third-order valence-corrected chi connectivity index (χ3v) is 4.17. The van der Waals surface area contributed by atoms with Gasteiger partial charge in [-0.15, -0.1) is 0 Å². The second kappa shape index (κ2) is 6.48. The minimum Gasteiger partial charge on any atom is -0.497 e. The summed E-state index contributed by atoms with van der Waals surface area (Å²) in [6.45, 7) is 4.16. The van der Waals surface area contributed by atoms with Crippen molar-refractivity contribution in [1.29, 1.82) is 0 Å². The van der Waals surface area contributed by atoms with Gasteiger partial charge < -0.3 is 10.1 Å². The Morgan fingerprint density at radius 1 is 0.962 bits per heavy atom. The molecule has 1 N–H and O–H groups in total. The summed E-state index contributed by atoms with van der Waals surface area (Å²) >= 11 is 0. The summed E-state index contributed by atoms with van der Waals surface area (Å²) < 4.78 is 7.01. The number of benzene rings is 2. The van der Waals surface area contributed by atoms with Crippen LogP contribution in [0.5, 0.6) is 5.75 Å². The van der Waals surface area contributed by atoms with E-state index in [0.29, 0.717) is 0 Å². The molecule has 0 bridgehead atoms. The zero-order valence-electron chi connectivity index (χ0n) is 14.9. The number of nitrogens with zero attached hydrogens (tertiary/aromatic N) is 4. The van der Waals surface area contributed by atoms with Crippen LogP contribution in [0.3, 0.4) is 0 Å². The molecule has 0 atom stereocenters. The maximum atomic E-state index is 5.21. The summed E-state index contributed by atoms with van der Waals surface area (Å²) in [5.74, 6) is 1.54. The first-order chi connectivity index (χ1) is 12.6. The highest BCUT2D eigenvalue weighted by molar-refractivity contribution is 5.89. The quantitative estimate of drug-likeness (QED) is 0.601. The molecule has 2 heterocycles. The van der Waals surface area contributed by atoms with E-state index < -0.39 is 0 Å². The summed E-state index contributed by atoms with van der Waals surface area (Å²) in [6, 6.07) is 14.0. The molecule has 130 valence electrons. The zero-order valence-corrected chi connectivity index (χ0v) is 14.9. The topological polar surface area (TPSA) is 64.9 Å². The molecule has 6 heteroatoms. The molecule has 6 nitrogen and oxygen atoms in total. The number of aryl methyl sites for hydroxylation is 2. The summed E-state index contributed by atoms with van der Waals surface area (Å²) in [5.41, 5.74) is 5.06. The number of methoxy groups -OCH3 is 1. The molecule has 4 rings (SSSR count). The Bertz CT molecular complexity index is 1050. The van der Waals surface area contributed by atoms with E-state index in [1.54, 1.807) is 24.3 Å². The molecular formula is C20H19N5O. The SMILES string of the molecule is COc1ccc(-n2ncc3c(Nc4cc(C)cc(C)c4)ncnc32)cc1. The van der Waals surface area contributed by atoms with E-state index >= 15 is 0 Å². The number of hydrogen-bond acceptors (Lipinski definition) is 5. The lowest BCUT2D eigenvalue weighted by Crippen LogP contribution is -2.00. The largest absolute Gasteiger partial charge is 0.497 e. The Morgan fingerprint density at radius 2 is 1.69 bits per heavy atom. The van der Waals surface area contributed by atoms with Gasteiger partial charge in [-0.05, 0) is 61.4 Å². The predicted octanol–water partition coefficient (Wildman–Crippen LogP) is 4.18. The van der Waals surface area contributed by atoms with Gasteiger partial charge in [0, 0.05) is 5.69 Å². The van der Waals surface area contributed by atoms with Crippen LogP contribution in [0.25, 0.3) is 16.7 Å². The van der Waals surface area contributed by atoms with Crippen LogP contribution in [0.1, 0.15) is 11.1 Å². The highest BCUT2D eigenvalue weighted by Gasteiger charge is 2.11. The second-order valence-corrected chi connectivity index (χ2v) is 6.22. The highest BCUT2D eigenvalue weighted by Crippen LogP contribution is 2.26. The Morgan fingerprint density at radius 3 is 2.38 bits per heavy atom. The number of nitrogens with one attached hydrogen (secondary N) is 1. The van der Waals surface area contributed by atoms with E-state index in [9.17, 15) is 0 Å². The second-order valence-electron chi connectivity index (χ2n) is 6.22. The van der Waals surface area contributed by atoms with Gasteiger partial charge in [0.15, 0.2) is 5.65 Å². The van der Waals surface area contributed by atoms with E-state index in [1.165, 1.54) is 11.1 Å². The summed E-state index contributed by atoms with van der Waals surface area (Å²) in [4.78, 5) is 8.82. The van der Waals surface area contributed by atoms with E-state index in [4.69, 9.17) is 4.74 Å². The van der Waals surface area contributed by atoms with Gasteiger partial charge >= 0.3 is 0 Å². The van der Waals surface area contributed by atoms with Gasteiger partial charge in [-0.2, -0.15) is 5.10 Å². The zero-order chi connectivity index (χ0) is 18.1. The predicted molar refractivity (Wildman–Crippen MR) is 102 cm³/mol. The van der Waals surface area contributed by atoms with Gasteiger partial charge in [0.05, 0.1) is 24.4 Å². The maximum Gasteiger partial charge on any atom is 0.168 e. The van der Waals surface area contributed by atoms with Crippen molar-refractivity contribution in [2.45, 2.75) is 13.8 Å². The minimum absolute atomic E-state index is 0.736. The fraction of sp³-hybridized carbons (Fsp3) is 0.150. The number of anilines is 2. The highest BCUT2D eigenvalue weighted by atomic mass is 16.5. The average Bonchev–Trinajstić information content (AvgIpc) is 3.06. The molecule has 4 aromatic rings. The standard InChI is InChI=1S/C20H19N5O/c1-13-8-14(2)10-15(9-13)24-19-18-11-23-25(20(18)22-12-21-19)16-4-6-17(26-3)7-5-16/h4-12H,1-3H3,(H,21,22,24). The molecule has 0 amide bonds. The van der Waals surface area contributed by atoms with Crippen LogP contribution < -0.4 is 10.1 Å². The van der Waals surface area contributed by atoms with Crippen LogP contribution in [-0.4, -0.2) is 26.9 Å². The summed E-state index contributed by atoms with van der Waals surface area (Å²) in [5, 5.41) is 8.74. The third kappa shape index (κ3) is 2.97. The van der Waals surface area contributed by atoms with E-state index in [1.807, 2.05) is 24.3 Å². The van der Waals surface area contributed by atoms with Crippen LogP contribution in [0.15, 0.2) is 55.0 Å². The summed E-state index contributed by atoms with van der Waals surface area (Å²) in [7, 11) is 1.65. The molecular weight excluding hydrogens is 326 g/mol. The van der Waals surface area contributed by atoms with Crippen molar-refractivity contribution in [3.05, 3.63) is 66.1 Å². The lowest BCUT2D eigenvalue weighted by Gasteiger charge is -2.09. The molecule has 0 aliphatic rings. The molecule has 26 heavy (non-hydrogen) atoms. The molecule has 2 aromatic carbocycles. The van der Waals surface area contributed by atoms with Crippen molar-refractivity contribution in [3.8, 4) is 11.4 Å². The first-order valence-electron chi connectivity index (χ1n) is 8.32. The molecule has 0 saturated carbocycles. The molecule has 0 radical (unpaired) electrons. The average molecular weight is 345 g/mol. The van der Waals surface area contributed by atoms with Gasteiger partial charge in [0.25, 0.3) is 0 Å². The van der Waals surface area contributed by atoms with Crippen LogP contribution in [0, 0.1) is 13.8 Å². The fourth-order valence-electron chi connectivity index (χ4n) is 3.04. The van der Waals surface area contributed by atoms with E-state index in [-0.39, 0.29) is 0 Å². The van der Waals surface area contributed by atoms with E-state index in [2.05, 4.69) is 52.4 Å². The van der Waals surface area contributed by atoms with Crippen LogP contribution in [0.2, 0.25) is 0 Å². The van der Waals surface area contributed by atoms with Gasteiger partial charge in [-0.25, -0.2) is 14.6 Å². The number of rotatable bonds is 4. The smallest absolute Gasteiger partial charge is 0.168 e. The first kappa shape index (κ1) is 16.1. The van der Waals surface area contributed by atoms with Crippen molar-refractivity contribution in [2.75, 3.05) is 12.4 Å². The van der Waals surface area contributed by atoms with E-state index in [0.717, 1.165) is 34.0 Å². The number of hydrogen-bond donors (Lipinski definition) is 1. The Kier molecular flexibility index (Phi) is 4.01. The molecule has 0 fully saturated rings. The van der Waals surface area contributed by atoms with Crippen LogP contribution in [-0.2, 0) is 0 Å². The fourth-order valence-corrected chi connectivity index (χ4v) is 3.04. The number of aromatic nitrogens is 4. The molecule has 0 aliphatic heterocycles. The molecule has 0 spiro atoms. The normalized spacial score (nSPS) is 10.9. The molecule has 0 saturated heterocycles. The van der Waals surface area contributed by atoms with Crippen molar-refractivity contribution < 1.29 is 4.74 Å². The lowest BCUT2D eigenvalue weighted by atomic mass is 10.1. The molecule has 2 aromatic heterocycles. The maximum absolute atomic E-state index is 5.21. The monoisotopic (exact) mass is 345 g/mol. The van der Waals surface area contributed by atoms with Crippen LogP contribution in [0.4, 0.5) is 11.5 Å². The van der Waals surface area contributed by atoms with Gasteiger partial charge in [0.2, 0.25) is 0 Å². The first-order valence-corrected chi connectivity index (χ1v) is 8.32. The molecule has 0 unspecified atom stereocenters. The van der Waals surface area contributed by atoms with Gasteiger partial charge in [-0.1, -0.05) is 6.07 Å². The Hall–Kier alpha value is -3.41.